The molecule has 0 bridgehead atoms. The first kappa shape index (κ1) is 11.4. The molecule has 0 unspecified atom stereocenters. The minimum absolute atomic E-state index is 0.0248. The van der Waals surface area contributed by atoms with E-state index in [0.717, 1.165) is 18.5 Å². The third-order valence-electron chi connectivity index (χ3n) is 2.99. The number of alkyl halides is 1. The highest BCUT2D eigenvalue weighted by Crippen LogP contribution is 2.38. The number of nitrogens with two attached hydrogens (primary N) is 1. The fraction of sp³-hybridized carbons (Fsp3) is 0.545. The van der Waals surface area contributed by atoms with Crippen LogP contribution in [0.2, 0.25) is 0 Å². The third kappa shape index (κ3) is 2.20. The zero-order valence-corrected chi connectivity index (χ0v) is 8.83. The van der Waals surface area contributed by atoms with Crippen LogP contribution in [0.1, 0.15) is 30.0 Å². The minimum atomic E-state index is -0.748. The largest absolute Gasteiger partial charge is 0.347 e. The predicted octanol–water partition coefficient (Wildman–Crippen LogP) is 1.87. The molecule has 0 atom stereocenters. The normalized spacial score (nSPS) is 24.2. The van der Waals surface area contributed by atoms with Crippen molar-refractivity contribution < 1.29 is 13.5 Å². The van der Waals surface area contributed by atoms with Gasteiger partial charge in [0, 0.05) is 23.7 Å². The monoisotopic (exact) mass is 228 g/mol. The first-order chi connectivity index (χ1) is 7.74. The molecule has 0 radical (unpaired) electrons. The molecule has 1 aliphatic carbocycles. The molecule has 0 aromatic carbocycles. The van der Waals surface area contributed by atoms with E-state index < -0.39 is 6.86 Å². The molecular weight excluding hydrogens is 214 g/mol. The van der Waals surface area contributed by atoms with Crippen LogP contribution < -0.4 is 5.73 Å². The van der Waals surface area contributed by atoms with E-state index in [1.807, 2.05) is 0 Å². The number of halogens is 2. The maximum absolute atomic E-state index is 13.1. The molecule has 1 aliphatic rings. The van der Waals surface area contributed by atoms with Crippen LogP contribution in [0, 0.1) is 5.82 Å². The average Bonchev–Trinajstić information content (AvgIpc) is 2.24. The fourth-order valence-corrected chi connectivity index (χ4v) is 1.91. The van der Waals surface area contributed by atoms with Crippen molar-refractivity contribution in [2.45, 2.75) is 31.4 Å². The zero-order chi connectivity index (χ0) is 11.5. The van der Waals surface area contributed by atoms with Gasteiger partial charge in [0.2, 0.25) is 0 Å². The highest BCUT2D eigenvalue weighted by molar-refractivity contribution is 5.22. The van der Waals surface area contributed by atoms with Gasteiger partial charge in [-0.25, -0.2) is 8.78 Å². The van der Waals surface area contributed by atoms with Crippen molar-refractivity contribution in [3.05, 3.63) is 29.3 Å². The van der Waals surface area contributed by atoms with Crippen molar-refractivity contribution in [1.29, 1.82) is 0 Å². The number of rotatable bonds is 4. The van der Waals surface area contributed by atoms with E-state index in [9.17, 15) is 8.78 Å². The molecular formula is C11H14F2N2O. The van der Waals surface area contributed by atoms with Crippen molar-refractivity contribution in [3.63, 3.8) is 0 Å². The zero-order valence-electron chi connectivity index (χ0n) is 8.83. The Bertz CT molecular complexity index is 367. The maximum atomic E-state index is 13.1. The van der Waals surface area contributed by atoms with E-state index in [0.29, 0.717) is 5.56 Å². The van der Waals surface area contributed by atoms with Crippen molar-refractivity contribution in [1.82, 2.24) is 4.98 Å². The van der Waals surface area contributed by atoms with E-state index in [4.69, 9.17) is 10.5 Å². The molecule has 1 aromatic heterocycles. The summed E-state index contributed by atoms with van der Waals surface area (Å²) < 4.78 is 29.8. The van der Waals surface area contributed by atoms with Crippen LogP contribution in [0.5, 0.6) is 0 Å². The lowest BCUT2D eigenvalue weighted by atomic mass is 9.79. The van der Waals surface area contributed by atoms with Gasteiger partial charge in [-0.15, -0.1) is 0 Å². The van der Waals surface area contributed by atoms with Crippen molar-refractivity contribution in [2.24, 2.45) is 5.73 Å². The Morgan fingerprint density at radius 2 is 2.25 bits per heavy atom. The molecule has 88 valence electrons. The topological polar surface area (TPSA) is 48.1 Å². The number of hydrogen-bond acceptors (Lipinski definition) is 3. The standard InChI is InChI=1S/C11H14F2N2O/c12-6-16-9-1-7(2-9)11-3-8(4-14)10(13)5-15-11/h3,5,7,9H,1-2,4,6,14H2. The Balaban J connectivity index is 2.01. The van der Waals surface area contributed by atoms with E-state index >= 15 is 0 Å². The Kier molecular flexibility index (Phi) is 3.46. The summed E-state index contributed by atoms with van der Waals surface area (Å²) in [6, 6.07) is 1.69. The van der Waals surface area contributed by atoms with Crippen LogP contribution >= 0.6 is 0 Å². The van der Waals surface area contributed by atoms with Gasteiger partial charge in [0.15, 0.2) is 6.86 Å². The maximum Gasteiger partial charge on any atom is 0.188 e. The second kappa shape index (κ2) is 4.84. The lowest BCUT2D eigenvalue weighted by Gasteiger charge is -2.33. The number of ether oxygens (including phenoxy) is 1. The molecule has 0 amide bonds. The Morgan fingerprint density at radius 1 is 1.50 bits per heavy atom. The SMILES string of the molecule is NCc1cc(C2CC(OCF)C2)ncc1F. The summed E-state index contributed by atoms with van der Waals surface area (Å²) in [5.41, 5.74) is 6.70. The summed E-state index contributed by atoms with van der Waals surface area (Å²) in [6.07, 6.45) is 2.66. The van der Waals surface area contributed by atoms with Gasteiger partial charge in [0.25, 0.3) is 0 Å². The lowest BCUT2D eigenvalue weighted by Crippen LogP contribution is -2.30. The number of aromatic nitrogens is 1. The van der Waals surface area contributed by atoms with Crippen molar-refractivity contribution >= 4 is 0 Å². The molecule has 3 nitrogen and oxygen atoms in total. The van der Waals surface area contributed by atoms with Crippen LogP contribution in [0.3, 0.4) is 0 Å². The average molecular weight is 228 g/mol. The fourth-order valence-electron chi connectivity index (χ4n) is 1.91. The summed E-state index contributed by atoms with van der Waals surface area (Å²) in [7, 11) is 0. The van der Waals surface area contributed by atoms with Crippen LogP contribution in [0.25, 0.3) is 0 Å². The molecule has 5 heteroatoms. The highest BCUT2D eigenvalue weighted by Gasteiger charge is 2.32. The van der Waals surface area contributed by atoms with Gasteiger partial charge in [-0.1, -0.05) is 0 Å². The quantitative estimate of drug-likeness (QED) is 0.855. The van der Waals surface area contributed by atoms with Gasteiger partial charge in [0.1, 0.15) is 5.82 Å². The first-order valence-electron chi connectivity index (χ1n) is 5.26. The van der Waals surface area contributed by atoms with Gasteiger partial charge in [-0.05, 0) is 18.9 Å². The lowest BCUT2D eigenvalue weighted by molar-refractivity contribution is -0.0526. The van der Waals surface area contributed by atoms with Gasteiger partial charge in [-0.2, -0.15) is 0 Å². The molecule has 1 saturated carbocycles. The molecule has 2 N–H and O–H groups in total. The van der Waals surface area contributed by atoms with Crippen molar-refractivity contribution in [3.8, 4) is 0 Å². The van der Waals surface area contributed by atoms with E-state index in [1.165, 1.54) is 6.20 Å². The molecule has 2 rings (SSSR count). The van der Waals surface area contributed by atoms with Crippen LogP contribution in [-0.4, -0.2) is 17.9 Å². The van der Waals surface area contributed by atoms with Crippen LogP contribution in [0.15, 0.2) is 12.3 Å². The van der Waals surface area contributed by atoms with Gasteiger partial charge < -0.3 is 10.5 Å². The molecule has 0 saturated heterocycles. The van der Waals surface area contributed by atoms with Gasteiger partial charge in [-0.3, -0.25) is 4.98 Å². The van der Waals surface area contributed by atoms with Gasteiger partial charge >= 0.3 is 0 Å². The van der Waals surface area contributed by atoms with Crippen LogP contribution in [-0.2, 0) is 11.3 Å². The summed E-state index contributed by atoms with van der Waals surface area (Å²) in [5.74, 6) is -0.135. The first-order valence-corrected chi connectivity index (χ1v) is 5.26. The Morgan fingerprint density at radius 3 is 2.88 bits per heavy atom. The van der Waals surface area contributed by atoms with Crippen LogP contribution in [0.4, 0.5) is 8.78 Å². The van der Waals surface area contributed by atoms with E-state index in [1.54, 1.807) is 6.07 Å². The number of nitrogens with zero attached hydrogens (tertiary/aromatic N) is 1. The third-order valence-corrected chi connectivity index (χ3v) is 2.99. The highest BCUT2D eigenvalue weighted by atomic mass is 19.1. The van der Waals surface area contributed by atoms with E-state index in [2.05, 4.69) is 4.98 Å². The molecule has 16 heavy (non-hydrogen) atoms. The molecule has 1 heterocycles. The minimum Gasteiger partial charge on any atom is -0.347 e. The molecule has 1 aromatic rings. The van der Waals surface area contributed by atoms with Crippen molar-refractivity contribution in [2.75, 3.05) is 6.86 Å². The number of pyridine rings is 1. The van der Waals surface area contributed by atoms with E-state index in [-0.39, 0.29) is 24.4 Å². The van der Waals surface area contributed by atoms with Gasteiger partial charge in [0.05, 0.1) is 12.3 Å². The molecule has 1 fully saturated rings. The summed E-state index contributed by atoms with van der Waals surface area (Å²) >= 11 is 0. The molecule has 0 aliphatic heterocycles. The second-order valence-corrected chi connectivity index (χ2v) is 3.97. The Labute approximate surface area is 92.6 Å². The molecule has 0 spiro atoms. The second-order valence-electron chi connectivity index (χ2n) is 3.97. The predicted molar refractivity (Wildman–Crippen MR) is 54.9 cm³/mol. The number of hydrogen-bond donors (Lipinski definition) is 1. The summed E-state index contributed by atoms with van der Waals surface area (Å²) in [4.78, 5) is 4.02. The summed E-state index contributed by atoms with van der Waals surface area (Å²) in [6.45, 7) is -0.583. The Hall–Kier alpha value is -1.07. The summed E-state index contributed by atoms with van der Waals surface area (Å²) in [5, 5.41) is 0. The smallest absolute Gasteiger partial charge is 0.188 e.